The maximum Gasteiger partial charge on any atom is 0.160 e. The highest BCUT2D eigenvalue weighted by Crippen LogP contribution is 2.44. The molecule has 0 atom stereocenters. The molecular weight excluding hydrogens is 627 g/mol. The second kappa shape index (κ2) is 11.8. The van der Waals surface area contributed by atoms with Gasteiger partial charge in [0.2, 0.25) is 0 Å². The lowest BCUT2D eigenvalue weighted by Crippen LogP contribution is -2.03. The summed E-state index contributed by atoms with van der Waals surface area (Å²) >= 11 is 1.90. The normalized spacial score (nSPS) is 12.6. The molecule has 0 bridgehead atoms. The van der Waals surface area contributed by atoms with E-state index in [9.17, 15) is 0 Å². The molecule has 1 aliphatic carbocycles. The van der Waals surface area contributed by atoms with Crippen molar-refractivity contribution in [1.29, 1.82) is 0 Å². The number of allylic oxidation sites excluding steroid dienone is 1. The largest absolute Gasteiger partial charge is 0.312 e. The summed E-state index contributed by atoms with van der Waals surface area (Å²) in [6, 6.07) is 54.0. The highest BCUT2D eigenvalue weighted by molar-refractivity contribution is 7.26. The summed E-state index contributed by atoms with van der Waals surface area (Å²) < 4.78 is 5.18. The fraction of sp³-hybridized carbons (Fsp3) is 0.0435. The van der Waals surface area contributed by atoms with Crippen molar-refractivity contribution in [2.75, 3.05) is 0 Å². The number of hydrogen-bond acceptors (Lipinski definition) is 3. The van der Waals surface area contributed by atoms with Crippen molar-refractivity contribution in [3.05, 3.63) is 169 Å². The van der Waals surface area contributed by atoms with Crippen LogP contribution in [0, 0.1) is 0 Å². The Balaban J connectivity index is 1.13. The lowest BCUT2D eigenvalue weighted by atomic mass is 10.0. The second-order valence-corrected chi connectivity index (χ2v) is 13.9. The molecule has 0 saturated carbocycles. The van der Waals surface area contributed by atoms with Crippen LogP contribution >= 0.6 is 11.3 Å². The van der Waals surface area contributed by atoms with Gasteiger partial charge in [-0.15, -0.1) is 11.3 Å². The molecule has 0 N–H and O–H groups in total. The van der Waals surface area contributed by atoms with Gasteiger partial charge in [-0.25, -0.2) is 9.97 Å². The summed E-state index contributed by atoms with van der Waals surface area (Å²) in [7, 11) is 0. The van der Waals surface area contributed by atoms with Gasteiger partial charge in [-0.05, 0) is 54.3 Å². The maximum absolute atomic E-state index is 5.08. The summed E-state index contributed by atoms with van der Waals surface area (Å²) in [5, 5.41) is 3.95. The van der Waals surface area contributed by atoms with Gasteiger partial charge in [0.25, 0.3) is 0 Å². The van der Waals surface area contributed by atoms with Crippen LogP contribution in [0.4, 0.5) is 0 Å². The Morgan fingerprint density at radius 3 is 1.86 bits per heavy atom. The van der Waals surface area contributed by atoms with E-state index in [1.54, 1.807) is 0 Å². The Labute approximate surface area is 294 Å². The van der Waals surface area contributed by atoms with Crippen LogP contribution in [-0.2, 0) is 6.42 Å². The highest BCUT2D eigenvalue weighted by Gasteiger charge is 2.22. The molecule has 3 nitrogen and oxygen atoms in total. The summed E-state index contributed by atoms with van der Waals surface area (Å²) in [5.74, 6) is 0.728. The zero-order chi connectivity index (χ0) is 33.0. The van der Waals surface area contributed by atoms with Gasteiger partial charge < -0.3 is 4.57 Å². The number of fused-ring (bicyclic) bond motifs is 7. The molecule has 1 aliphatic rings. The third kappa shape index (κ3) is 4.80. The first-order valence-electron chi connectivity index (χ1n) is 17.1. The van der Waals surface area contributed by atoms with Crippen LogP contribution in [0.5, 0.6) is 0 Å². The molecule has 236 valence electrons. The predicted octanol–water partition coefficient (Wildman–Crippen LogP) is 12.4. The first-order valence-corrected chi connectivity index (χ1v) is 18.0. The van der Waals surface area contributed by atoms with Crippen LogP contribution in [0.25, 0.3) is 87.9 Å². The van der Waals surface area contributed by atoms with Crippen molar-refractivity contribution in [1.82, 2.24) is 14.5 Å². The van der Waals surface area contributed by atoms with Crippen molar-refractivity contribution in [2.45, 2.75) is 12.8 Å². The number of hydrogen-bond donors (Lipinski definition) is 0. The smallest absolute Gasteiger partial charge is 0.160 e. The third-order valence-corrected chi connectivity index (χ3v) is 11.1. The molecule has 0 fully saturated rings. The molecule has 50 heavy (non-hydrogen) atoms. The molecule has 0 spiro atoms. The molecule has 3 heterocycles. The maximum atomic E-state index is 5.08. The average molecular weight is 658 g/mol. The van der Waals surface area contributed by atoms with E-state index in [1.807, 2.05) is 35.6 Å². The van der Waals surface area contributed by atoms with E-state index in [0.29, 0.717) is 0 Å². The van der Waals surface area contributed by atoms with Crippen LogP contribution in [0.1, 0.15) is 17.7 Å². The molecule has 0 amide bonds. The molecule has 0 saturated heterocycles. The first kappa shape index (κ1) is 28.9. The highest BCUT2D eigenvalue weighted by atomic mass is 32.1. The van der Waals surface area contributed by atoms with Crippen molar-refractivity contribution in [2.24, 2.45) is 0 Å². The number of aromatic nitrogens is 3. The van der Waals surface area contributed by atoms with E-state index in [1.165, 1.54) is 59.1 Å². The van der Waals surface area contributed by atoms with E-state index in [0.717, 1.165) is 46.7 Å². The van der Waals surface area contributed by atoms with Crippen molar-refractivity contribution >= 4 is 48.5 Å². The number of benzene rings is 6. The fourth-order valence-electron chi connectivity index (χ4n) is 7.47. The number of rotatable bonds is 5. The van der Waals surface area contributed by atoms with Gasteiger partial charge in [0, 0.05) is 54.5 Å². The molecule has 4 heteroatoms. The van der Waals surface area contributed by atoms with Gasteiger partial charge in [-0.3, -0.25) is 0 Å². The van der Waals surface area contributed by atoms with Crippen LogP contribution < -0.4 is 0 Å². The molecule has 10 rings (SSSR count). The monoisotopic (exact) mass is 657 g/mol. The Morgan fingerprint density at radius 1 is 0.520 bits per heavy atom. The minimum atomic E-state index is 0.728. The Kier molecular flexibility index (Phi) is 6.81. The molecule has 6 aromatic carbocycles. The Bertz CT molecular complexity index is 2660. The van der Waals surface area contributed by atoms with Gasteiger partial charge in [-0.2, -0.15) is 0 Å². The predicted molar refractivity (Wildman–Crippen MR) is 211 cm³/mol. The zero-order valence-electron chi connectivity index (χ0n) is 27.3. The van der Waals surface area contributed by atoms with E-state index in [2.05, 4.69) is 144 Å². The quantitative estimate of drug-likeness (QED) is 0.184. The van der Waals surface area contributed by atoms with Crippen molar-refractivity contribution in [3.63, 3.8) is 0 Å². The van der Waals surface area contributed by atoms with Crippen LogP contribution in [0.2, 0.25) is 0 Å². The van der Waals surface area contributed by atoms with Crippen LogP contribution in [0.15, 0.2) is 158 Å². The molecule has 0 aliphatic heterocycles. The summed E-state index contributed by atoms with van der Waals surface area (Å²) in [6.45, 7) is 0. The van der Waals surface area contributed by atoms with Crippen LogP contribution in [0.3, 0.4) is 0 Å². The second-order valence-electron chi connectivity index (χ2n) is 12.9. The van der Waals surface area contributed by atoms with Gasteiger partial charge in [0.15, 0.2) is 5.82 Å². The minimum Gasteiger partial charge on any atom is -0.312 e. The topological polar surface area (TPSA) is 30.7 Å². The standard InChI is InChI=1S/C46H31N3S/c1-4-12-30(13-5-1)34-22-27-43-39(28-34)38-26-25-37-36-18-10-11-19-42(36)49(44(37)45(38)50-43)35-23-20-32(21-24-35)41-29-40(31-14-6-2-7-15-31)47-46(48-41)33-16-8-3-9-17-33/h1-10,12-18,20-29H,11,19H2. The van der Waals surface area contributed by atoms with Crippen molar-refractivity contribution < 1.29 is 0 Å². The van der Waals surface area contributed by atoms with Gasteiger partial charge >= 0.3 is 0 Å². The van der Waals surface area contributed by atoms with Gasteiger partial charge in [0.1, 0.15) is 0 Å². The Hall–Kier alpha value is -6.10. The van der Waals surface area contributed by atoms with E-state index in [-0.39, 0.29) is 0 Å². The molecule has 3 aromatic heterocycles. The van der Waals surface area contributed by atoms with E-state index >= 15 is 0 Å². The summed E-state index contributed by atoms with van der Waals surface area (Å²) in [4.78, 5) is 10.1. The lowest BCUT2D eigenvalue weighted by molar-refractivity contribution is 0.890. The van der Waals surface area contributed by atoms with E-state index in [4.69, 9.17) is 9.97 Å². The number of thiophene rings is 1. The molecular formula is C46H31N3S. The zero-order valence-corrected chi connectivity index (χ0v) is 28.1. The summed E-state index contributed by atoms with van der Waals surface area (Å²) in [6.07, 6.45) is 6.71. The van der Waals surface area contributed by atoms with Gasteiger partial charge in [0.05, 0.1) is 21.6 Å². The van der Waals surface area contributed by atoms with Gasteiger partial charge in [-0.1, -0.05) is 133 Å². The van der Waals surface area contributed by atoms with Crippen LogP contribution in [-0.4, -0.2) is 14.5 Å². The lowest BCUT2D eigenvalue weighted by Gasteiger charge is -2.14. The van der Waals surface area contributed by atoms with Crippen molar-refractivity contribution in [3.8, 4) is 50.7 Å². The summed E-state index contributed by atoms with van der Waals surface area (Å²) in [5.41, 5.74) is 12.7. The first-order chi connectivity index (χ1) is 24.8. The molecule has 0 unspecified atom stereocenters. The Morgan fingerprint density at radius 2 is 1.14 bits per heavy atom. The third-order valence-electron chi connectivity index (χ3n) is 9.90. The molecule has 9 aromatic rings. The molecule has 0 radical (unpaired) electrons. The fourth-order valence-corrected chi connectivity index (χ4v) is 8.70. The van der Waals surface area contributed by atoms with E-state index < -0.39 is 0 Å². The average Bonchev–Trinajstić information content (AvgIpc) is 3.74. The minimum absolute atomic E-state index is 0.728. The number of nitrogens with zero attached hydrogens (tertiary/aromatic N) is 3. The SMILES string of the molecule is C1=Cc2c(n(-c3ccc(-c4cc(-c5ccccc5)nc(-c5ccccc5)n4)cc3)c3c2ccc2c4cc(-c5ccccc5)ccc4sc23)CC1.